The van der Waals surface area contributed by atoms with Crippen molar-refractivity contribution in [1.29, 1.82) is 0 Å². The average molecular weight is 181 g/mol. The molecule has 0 amide bonds. The summed E-state index contributed by atoms with van der Waals surface area (Å²) in [6, 6.07) is 3.34. The Labute approximate surface area is 73.9 Å². The second kappa shape index (κ2) is 2.52. The van der Waals surface area contributed by atoms with Crippen molar-refractivity contribution in [3.8, 4) is 0 Å². The van der Waals surface area contributed by atoms with E-state index in [-0.39, 0.29) is 5.82 Å². The molecule has 0 aliphatic carbocycles. The van der Waals surface area contributed by atoms with Crippen molar-refractivity contribution in [2.45, 2.75) is 13.8 Å². The summed E-state index contributed by atoms with van der Waals surface area (Å²) in [6.07, 6.45) is 0. The molecule has 1 aromatic heterocycles. The van der Waals surface area contributed by atoms with E-state index in [1.807, 2.05) is 6.92 Å². The Kier molecular flexibility index (Phi) is 1.61. The largest absolute Gasteiger partial charge is 0.242 e. The second-order valence-corrected chi connectivity index (χ2v) is 4.04. The van der Waals surface area contributed by atoms with Crippen molar-refractivity contribution in [3.05, 3.63) is 28.5 Å². The Morgan fingerprint density at radius 3 is 2.83 bits per heavy atom. The zero-order chi connectivity index (χ0) is 8.72. The van der Waals surface area contributed by atoms with Crippen LogP contribution in [0, 0.1) is 19.7 Å². The SMILES string of the molecule is Cc1nc2cc(C)c(F)cc2s1. The molecular formula is C9H8FNS. The Balaban J connectivity index is 2.83. The lowest BCUT2D eigenvalue weighted by molar-refractivity contribution is 0.620. The van der Waals surface area contributed by atoms with Gasteiger partial charge in [-0.1, -0.05) is 0 Å². The molecule has 0 aliphatic heterocycles. The van der Waals surface area contributed by atoms with E-state index in [0.29, 0.717) is 5.56 Å². The van der Waals surface area contributed by atoms with Gasteiger partial charge in [-0.15, -0.1) is 11.3 Å². The van der Waals surface area contributed by atoms with Crippen LogP contribution in [0.3, 0.4) is 0 Å². The Hall–Kier alpha value is -0.960. The molecule has 0 unspecified atom stereocenters. The summed E-state index contributed by atoms with van der Waals surface area (Å²) >= 11 is 1.52. The Bertz CT molecular complexity index is 394. The molecule has 0 bridgehead atoms. The maximum absolute atomic E-state index is 13.0. The first-order valence-electron chi connectivity index (χ1n) is 3.70. The molecule has 0 fully saturated rings. The normalized spacial score (nSPS) is 10.9. The molecule has 0 saturated heterocycles. The highest BCUT2D eigenvalue weighted by atomic mass is 32.1. The summed E-state index contributed by atoms with van der Waals surface area (Å²) in [4.78, 5) is 4.27. The molecule has 1 aromatic carbocycles. The summed E-state index contributed by atoms with van der Waals surface area (Å²) in [5.74, 6) is -0.147. The van der Waals surface area contributed by atoms with Crippen molar-refractivity contribution < 1.29 is 4.39 Å². The van der Waals surface area contributed by atoms with Crippen LogP contribution in [0.4, 0.5) is 4.39 Å². The van der Waals surface area contributed by atoms with Crippen molar-refractivity contribution in [2.24, 2.45) is 0 Å². The molecule has 0 spiro atoms. The minimum absolute atomic E-state index is 0.147. The van der Waals surface area contributed by atoms with E-state index in [9.17, 15) is 4.39 Å². The quantitative estimate of drug-likeness (QED) is 0.608. The van der Waals surface area contributed by atoms with Gasteiger partial charge >= 0.3 is 0 Å². The van der Waals surface area contributed by atoms with E-state index in [1.165, 1.54) is 11.3 Å². The number of rotatable bonds is 0. The van der Waals surface area contributed by atoms with Gasteiger partial charge in [-0.05, 0) is 31.5 Å². The number of nitrogens with zero attached hydrogens (tertiary/aromatic N) is 1. The minimum atomic E-state index is -0.147. The molecule has 1 nitrogen and oxygen atoms in total. The lowest BCUT2D eigenvalue weighted by atomic mass is 10.2. The van der Waals surface area contributed by atoms with Gasteiger partial charge in [0, 0.05) is 0 Å². The topological polar surface area (TPSA) is 12.9 Å². The van der Waals surface area contributed by atoms with E-state index >= 15 is 0 Å². The van der Waals surface area contributed by atoms with Crippen molar-refractivity contribution in [2.75, 3.05) is 0 Å². The molecule has 62 valence electrons. The number of aryl methyl sites for hydroxylation is 2. The molecule has 12 heavy (non-hydrogen) atoms. The molecule has 0 saturated carbocycles. The number of halogens is 1. The van der Waals surface area contributed by atoms with Crippen LogP contribution in [0.2, 0.25) is 0 Å². The number of fused-ring (bicyclic) bond motifs is 1. The summed E-state index contributed by atoms with van der Waals surface area (Å²) in [7, 11) is 0. The van der Waals surface area contributed by atoms with Gasteiger partial charge in [-0.3, -0.25) is 0 Å². The van der Waals surface area contributed by atoms with Crippen molar-refractivity contribution in [1.82, 2.24) is 4.98 Å². The Morgan fingerprint density at radius 2 is 2.08 bits per heavy atom. The van der Waals surface area contributed by atoms with Crippen LogP contribution >= 0.6 is 11.3 Å². The van der Waals surface area contributed by atoms with Gasteiger partial charge in [0.15, 0.2) is 0 Å². The molecular weight excluding hydrogens is 173 g/mol. The molecule has 1 heterocycles. The highest BCUT2D eigenvalue weighted by Gasteiger charge is 2.03. The van der Waals surface area contributed by atoms with E-state index in [4.69, 9.17) is 0 Å². The number of hydrogen-bond donors (Lipinski definition) is 0. The summed E-state index contributed by atoms with van der Waals surface area (Å²) in [6.45, 7) is 3.68. The molecule has 2 aromatic rings. The fourth-order valence-corrected chi connectivity index (χ4v) is 2.00. The molecule has 0 aliphatic rings. The van der Waals surface area contributed by atoms with E-state index in [2.05, 4.69) is 4.98 Å². The fourth-order valence-electron chi connectivity index (χ4n) is 1.17. The van der Waals surface area contributed by atoms with Crippen molar-refractivity contribution >= 4 is 21.6 Å². The highest BCUT2D eigenvalue weighted by molar-refractivity contribution is 7.18. The molecule has 0 N–H and O–H groups in total. The summed E-state index contributed by atoms with van der Waals surface area (Å²) in [5.41, 5.74) is 1.56. The van der Waals surface area contributed by atoms with E-state index in [0.717, 1.165) is 15.2 Å². The first kappa shape index (κ1) is 7.68. The van der Waals surface area contributed by atoms with Gasteiger partial charge in [0.1, 0.15) is 5.82 Å². The predicted molar refractivity (Wildman–Crippen MR) is 49.1 cm³/mol. The van der Waals surface area contributed by atoms with Gasteiger partial charge in [-0.2, -0.15) is 0 Å². The fraction of sp³-hybridized carbons (Fsp3) is 0.222. The van der Waals surface area contributed by atoms with Crippen LogP contribution in [0.5, 0.6) is 0 Å². The van der Waals surface area contributed by atoms with Crippen LogP contribution in [0.1, 0.15) is 10.6 Å². The number of hydrogen-bond acceptors (Lipinski definition) is 2. The number of thiazole rings is 1. The van der Waals surface area contributed by atoms with Gasteiger partial charge in [0.05, 0.1) is 15.2 Å². The second-order valence-electron chi connectivity index (χ2n) is 2.80. The lowest BCUT2D eigenvalue weighted by Crippen LogP contribution is -1.80. The number of benzene rings is 1. The Morgan fingerprint density at radius 1 is 1.33 bits per heavy atom. The highest BCUT2D eigenvalue weighted by Crippen LogP contribution is 2.23. The smallest absolute Gasteiger partial charge is 0.127 e. The third-order valence-corrected chi connectivity index (χ3v) is 2.71. The first-order valence-corrected chi connectivity index (χ1v) is 4.52. The maximum atomic E-state index is 13.0. The first-order chi connectivity index (χ1) is 5.66. The van der Waals surface area contributed by atoms with Gasteiger partial charge in [0.2, 0.25) is 0 Å². The van der Waals surface area contributed by atoms with Gasteiger partial charge in [0.25, 0.3) is 0 Å². The maximum Gasteiger partial charge on any atom is 0.127 e. The molecule has 0 atom stereocenters. The molecule has 0 radical (unpaired) electrons. The standard InChI is InChI=1S/C9H8FNS/c1-5-3-8-9(4-7(5)10)12-6(2)11-8/h3-4H,1-2H3. The van der Waals surface area contributed by atoms with Crippen LogP contribution in [-0.2, 0) is 0 Å². The zero-order valence-electron chi connectivity index (χ0n) is 6.89. The third kappa shape index (κ3) is 1.10. The zero-order valence-corrected chi connectivity index (χ0v) is 7.70. The van der Waals surface area contributed by atoms with Gasteiger partial charge in [-0.25, -0.2) is 9.37 Å². The molecule has 3 heteroatoms. The lowest BCUT2D eigenvalue weighted by Gasteiger charge is -1.93. The molecule has 2 rings (SSSR count). The average Bonchev–Trinajstić information content (AvgIpc) is 2.30. The van der Waals surface area contributed by atoms with Gasteiger partial charge < -0.3 is 0 Å². The monoisotopic (exact) mass is 181 g/mol. The van der Waals surface area contributed by atoms with Crippen LogP contribution in [-0.4, -0.2) is 4.98 Å². The van der Waals surface area contributed by atoms with Crippen LogP contribution < -0.4 is 0 Å². The third-order valence-electron chi connectivity index (χ3n) is 1.78. The number of aromatic nitrogens is 1. The predicted octanol–water partition coefficient (Wildman–Crippen LogP) is 3.05. The minimum Gasteiger partial charge on any atom is -0.242 e. The van der Waals surface area contributed by atoms with Crippen LogP contribution in [0.25, 0.3) is 10.2 Å². The van der Waals surface area contributed by atoms with Crippen LogP contribution in [0.15, 0.2) is 12.1 Å². The van der Waals surface area contributed by atoms with E-state index in [1.54, 1.807) is 19.1 Å². The van der Waals surface area contributed by atoms with E-state index < -0.39 is 0 Å². The van der Waals surface area contributed by atoms with Crippen molar-refractivity contribution in [3.63, 3.8) is 0 Å². The summed E-state index contributed by atoms with van der Waals surface area (Å²) < 4.78 is 14.0. The summed E-state index contributed by atoms with van der Waals surface area (Å²) in [5, 5.41) is 0.981.